The Balaban J connectivity index is 1.86. The summed E-state index contributed by atoms with van der Waals surface area (Å²) in [7, 11) is -3.28. The molecule has 0 spiro atoms. The summed E-state index contributed by atoms with van der Waals surface area (Å²) in [6, 6.07) is 7.72. The number of nitrogens with one attached hydrogen (secondary N) is 1. The molecule has 8 nitrogen and oxygen atoms in total. The Labute approximate surface area is 138 Å². The zero-order valence-electron chi connectivity index (χ0n) is 13.3. The SMILES string of the molecule is Cc1cc(C)n2nc(C(=O)Nc3ccc(S(C)(=O)=O)cc3)nc2n1. The van der Waals surface area contributed by atoms with Crippen LogP contribution in [0.4, 0.5) is 5.69 Å². The number of hydrogen-bond acceptors (Lipinski definition) is 6. The number of aryl methyl sites for hydroxylation is 2. The van der Waals surface area contributed by atoms with Gasteiger partial charge >= 0.3 is 0 Å². The fraction of sp³-hybridized carbons (Fsp3) is 0.200. The predicted octanol–water partition coefficient (Wildman–Crippen LogP) is 1.40. The molecule has 1 N–H and O–H groups in total. The number of hydrogen-bond donors (Lipinski definition) is 1. The van der Waals surface area contributed by atoms with Gasteiger partial charge in [0.05, 0.1) is 4.90 Å². The van der Waals surface area contributed by atoms with E-state index in [1.54, 1.807) is 0 Å². The van der Waals surface area contributed by atoms with Gasteiger partial charge in [-0.2, -0.15) is 4.98 Å². The molecule has 1 amide bonds. The number of anilines is 1. The van der Waals surface area contributed by atoms with Gasteiger partial charge < -0.3 is 5.32 Å². The van der Waals surface area contributed by atoms with E-state index >= 15 is 0 Å². The van der Waals surface area contributed by atoms with E-state index in [1.165, 1.54) is 28.8 Å². The molecular formula is C15H15N5O3S. The summed E-state index contributed by atoms with van der Waals surface area (Å²) in [5.41, 5.74) is 2.06. The number of carbonyl (C=O) groups is 1. The molecule has 0 aliphatic rings. The summed E-state index contributed by atoms with van der Waals surface area (Å²) in [4.78, 5) is 20.8. The van der Waals surface area contributed by atoms with Gasteiger partial charge in [0.25, 0.3) is 11.7 Å². The summed E-state index contributed by atoms with van der Waals surface area (Å²) in [5, 5.41) is 6.77. The van der Waals surface area contributed by atoms with Gasteiger partial charge in [-0.1, -0.05) is 0 Å². The van der Waals surface area contributed by atoms with Crippen LogP contribution in [0.25, 0.3) is 5.78 Å². The zero-order chi connectivity index (χ0) is 17.5. The Kier molecular flexibility index (Phi) is 3.80. The van der Waals surface area contributed by atoms with Crippen molar-refractivity contribution in [3.05, 3.63) is 47.5 Å². The summed E-state index contributed by atoms with van der Waals surface area (Å²) in [6.07, 6.45) is 1.12. The fourth-order valence-corrected chi connectivity index (χ4v) is 2.87. The normalized spacial score (nSPS) is 11.6. The maximum atomic E-state index is 12.3. The van der Waals surface area contributed by atoms with Gasteiger partial charge in [-0.25, -0.2) is 17.9 Å². The smallest absolute Gasteiger partial charge is 0.295 e. The van der Waals surface area contributed by atoms with Crippen LogP contribution in [-0.2, 0) is 9.84 Å². The Bertz CT molecular complexity index is 1040. The molecule has 3 rings (SSSR count). The second-order valence-corrected chi connectivity index (χ2v) is 7.45. The molecule has 0 fully saturated rings. The van der Waals surface area contributed by atoms with E-state index in [1.807, 2.05) is 19.9 Å². The molecular weight excluding hydrogens is 330 g/mol. The van der Waals surface area contributed by atoms with Crippen LogP contribution in [0.5, 0.6) is 0 Å². The first kappa shape index (κ1) is 16.1. The minimum absolute atomic E-state index is 0.0108. The number of benzene rings is 1. The van der Waals surface area contributed by atoms with E-state index in [9.17, 15) is 13.2 Å². The van der Waals surface area contributed by atoms with Gasteiger partial charge in [-0.15, -0.1) is 5.10 Å². The highest BCUT2D eigenvalue weighted by Crippen LogP contribution is 2.14. The first-order valence-corrected chi connectivity index (χ1v) is 8.96. The van der Waals surface area contributed by atoms with Gasteiger partial charge in [-0.3, -0.25) is 4.79 Å². The lowest BCUT2D eigenvalue weighted by Gasteiger charge is -2.03. The third-order valence-electron chi connectivity index (χ3n) is 3.36. The molecule has 2 heterocycles. The molecule has 0 saturated carbocycles. The average Bonchev–Trinajstić information content (AvgIpc) is 2.91. The molecule has 2 aromatic heterocycles. The van der Waals surface area contributed by atoms with Gasteiger partial charge in [0.15, 0.2) is 9.84 Å². The molecule has 0 saturated heterocycles. The van der Waals surface area contributed by atoms with E-state index < -0.39 is 15.7 Å². The highest BCUT2D eigenvalue weighted by molar-refractivity contribution is 7.90. The first-order valence-electron chi connectivity index (χ1n) is 7.06. The second-order valence-electron chi connectivity index (χ2n) is 5.44. The van der Waals surface area contributed by atoms with E-state index in [2.05, 4.69) is 20.4 Å². The second kappa shape index (κ2) is 5.68. The van der Waals surface area contributed by atoms with Crippen molar-refractivity contribution >= 4 is 27.2 Å². The molecule has 124 valence electrons. The lowest BCUT2D eigenvalue weighted by Crippen LogP contribution is -2.14. The number of amides is 1. The predicted molar refractivity (Wildman–Crippen MR) is 87.8 cm³/mol. The van der Waals surface area contributed by atoms with Crippen LogP contribution in [0.3, 0.4) is 0 Å². The summed E-state index contributed by atoms with van der Waals surface area (Å²) in [6.45, 7) is 3.69. The minimum Gasteiger partial charge on any atom is -0.319 e. The molecule has 0 radical (unpaired) electrons. The Morgan fingerprint density at radius 1 is 1.12 bits per heavy atom. The highest BCUT2D eigenvalue weighted by Gasteiger charge is 2.15. The standard InChI is InChI=1S/C15H15N5O3S/c1-9-8-10(2)20-15(16-9)18-13(19-20)14(21)17-11-4-6-12(7-5-11)24(3,22)23/h4-8H,1-3H3,(H,17,21). The van der Waals surface area contributed by atoms with Crippen molar-refractivity contribution in [3.63, 3.8) is 0 Å². The topological polar surface area (TPSA) is 106 Å². The van der Waals surface area contributed by atoms with Crippen molar-refractivity contribution in [3.8, 4) is 0 Å². The maximum Gasteiger partial charge on any atom is 0.295 e. The largest absolute Gasteiger partial charge is 0.319 e. The average molecular weight is 345 g/mol. The summed E-state index contributed by atoms with van der Waals surface area (Å²) >= 11 is 0. The monoisotopic (exact) mass is 345 g/mol. The number of nitrogens with zero attached hydrogens (tertiary/aromatic N) is 4. The molecule has 24 heavy (non-hydrogen) atoms. The van der Waals surface area contributed by atoms with Gasteiger partial charge in [0, 0.05) is 23.3 Å². The van der Waals surface area contributed by atoms with Crippen LogP contribution in [0.2, 0.25) is 0 Å². The third kappa shape index (κ3) is 3.11. The maximum absolute atomic E-state index is 12.3. The van der Waals surface area contributed by atoms with Gasteiger partial charge in [0.2, 0.25) is 5.82 Å². The Morgan fingerprint density at radius 2 is 1.79 bits per heavy atom. The van der Waals surface area contributed by atoms with Crippen molar-refractivity contribution < 1.29 is 13.2 Å². The van der Waals surface area contributed by atoms with Crippen LogP contribution in [0, 0.1) is 13.8 Å². The lowest BCUT2D eigenvalue weighted by molar-refractivity contribution is 0.101. The molecule has 0 aliphatic heterocycles. The van der Waals surface area contributed by atoms with Crippen LogP contribution < -0.4 is 5.32 Å². The number of fused-ring (bicyclic) bond motifs is 1. The zero-order valence-corrected chi connectivity index (χ0v) is 14.1. The van der Waals surface area contributed by atoms with Gasteiger partial charge in [0.1, 0.15) is 0 Å². The third-order valence-corrected chi connectivity index (χ3v) is 4.49. The molecule has 0 bridgehead atoms. The number of carbonyl (C=O) groups excluding carboxylic acids is 1. The van der Waals surface area contributed by atoms with Crippen LogP contribution in [-0.4, -0.2) is 40.2 Å². The van der Waals surface area contributed by atoms with E-state index in [-0.39, 0.29) is 10.7 Å². The lowest BCUT2D eigenvalue weighted by atomic mass is 10.3. The highest BCUT2D eigenvalue weighted by atomic mass is 32.2. The van der Waals surface area contributed by atoms with Crippen LogP contribution >= 0.6 is 0 Å². The van der Waals surface area contributed by atoms with Crippen LogP contribution in [0.1, 0.15) is 22.0 Å². The van der Waals surface area contributed by atoms with Crippen molar-refractivity contribution in [1.29, 1.82) is 0 Å². The molecule has 9 heteroatoms. The van der Waals surface area contributed by atoms with Crippen molar-refractivity contribution in [1.82, 2.24) is 19.6 Å². The Morgan fingerprint density at radius 3 is 2.42 bits per heavy atom. The summed E-state index contributed by atoms with van der Waals surface area (Å²) in [5.74, 6) is -0.155. The van der Waals surface area contributed by atoms with Crippen molar-refractivity contribution in [2.24, 2.45) is 0 Å². The number of aromatic nitrogens is 4. The minimum atomic E-state index is -3.28. The summed E-state index contributed by atoms with van der Waals surface area (Å²) < 4.78 is 24.4. The fourth-order valence-electron chi connectivity index (χ4n) is 2.23. The molecule has 3 aromatic rings. The first-order chi connectivity index (χ1) is 11.2. The van der Waals surface area contributed by atoms with Gasteiger partial charge in [-0.05, 0) is 44.2 Å². The molecule has 0 unspecified atom stereocenters. The molecule has 0 aliphatic carbocycles. The molecule has 0 atom stereocenters. The van der Waals surface area contributed by atoms with E-state index in [0.29, 0.717) is 11.5 Å². The van der Waals surface area contributed by atoms with Crippen molar-refractivity contribution in [2.75, 3.05) is 11.6 Å². The Hall–Kier alpha value is -2.81. The van der Waals surface area contributed by atoms with E-state index in [0.717, 1.165) is 17.6 Å². The molecule has 1 aromatic carbocycles. The number of sulfone groups is 1. The quantitative estimate of drug-likeness (QED) is 0.769. The van der Waals surface area contributed by atoms with Crippen molar-refractivity contribution in [2.45, 2.75) is 18.7 Å². The number of rotatable bonds is 3. The van der Waals surface area contributed by atoms with E-state index in [4.69, 9.17) is 0 Å². The van der Waals surface area contributed by atoms with Crippen LogP contribution in [0.15, 0.2) is 35.2 Å².